The Hall–Kier alpha value is -3.54. The lowest BCUT2D eigenvalue weighted by molar-refractivity contribution is -0.137. The number of alkyl halides is 3. The molecule has 6 heteroatoms. The normalized spacial score (nSPS) is 11.4. The van der Waals surface area contributed by atoms with Crippen LogP contribution in [0, 0.1) is 0 Å². The molecule has 0 bridgehead atoms. The number of benzene rings is 1. The molecule has 0 saturated carbocycles. The van der Waals surface area contributed by atoms with Crippen molar-refractivity contribution in [1.29, 1.82) is 0 Å². The van der Waals surface area contributed by atoms with Crippen molar-refractivity contribution in [2.45, 2.75) is 6.18 Å². The monoisotopic (exact) mass is 377 g/mol. The number of pyridine rings is 3. The van der Waals surface area contributed by atoms with Crippen LogP contribution in [0.2, 0.25) is 0 Å². The van der Waals surface area contributed by atoms with Crippen molar-refractivity contribution in [2.75, 3.05) is 0 Å². The summed E-state index contributed by atoms with van der Waals surface area (Å²) in [7, 11) is 0. The average Bonchev–Trinajstić information content (AvgIpc) is 2.74. The van der Waals surface area contributed by atoms with E-state index in [-0.39, 0.29) is 5.56 Å². The van der Waals surface area contributed by atoms with Crippen molar-refractivity contribution in [3.63, 3.8) is 0 Å². The minimum absolute atomic E-state index is 0.0896. The number of hydrogen-bond acceptors (Lipinski definition) is 3. The van der Waals surface area contributed by atoms with Gasteiger partial charge in [0.25, 0.3) is 0 Å². The number of aromatic nitrogens is 3. The van der Waals surface area contributed by atoms with E-state index in [4.69, 9.17) is 0 Å². The molecule has 0 N–H and O–H groups in total. The smallest absolute Gasteiger partial charge is 0.255 e. The highest BCUT2D eigenvalue weighted by Gasteiger charge is 2.33. The summed E-state index contributed by atoms with van der Waals surface area (Å²) >= 11 is 0. The molecule has 4 aromatic rings. The van der Waals surface area contributed by atoms with Crippen LogP contribution in [0.15, 0.2) is 85.2 Å². The topological polar surface area (TPSA) is 38.7 Å². The van der Waals surface area contributed by atoms with Crippen molar-refractivity contribution >= 4 is 0 Å². The highest BCUT2D eigenvalue weighted by atomic mass is 19.4. The number of nitrogens with zero attached hydrogens (tertiary/aromatic N) is 3. The third-order valence-corrected chi connectivity index (χ3v) is 4.22. The molecule has 4 rings (SSSR count). The second-order valence-corrected chi connectivity index (χ2v) is 6.10. The lowest BCUT2D eigenvalue weighted by Crippen LogP contribution is -2.07. The molecule has 0 unspecified atom stereocenters. The summed E-state index contributed by atoms with van der Waals surface area (Å²) in [6.45, 7) is 0. The van der Waals surface area contributed by atoms with E-state index in [2.05, 4.69) is 15.0 Å². The van der Waals surface area contributed by atoms with Crippen molar-refractivity contribution < 1.29 is 13.2 Å². The van der Waals surface area contributed by atoms with Gasteiger partial charge in [0.05, 0.1) is 28.3 Å². The molecule has 3 heterocycles. The van der Waals surface area contributed by atoms with Crippen LogP contribution in [-0.4, -0.2) is 15.0 Å². The highest BCUT2D eigenvalue weighted by molar-refractivity contribution is 5.76. The third kappa shape index (κ3) is 3.62. The van der Waals surface area contributed by atoms with Gasteiger partial charge in [0.2, 0.25) is 0 Å². The molecule has 28 heavy (non-hydrogen) atoms. The molecular formula is C22H14F3N3. The van der Waals surface area contributed by atoms with Crippen LogP contribution in [0.25, 0.3) is 33.9 Å². The Labute approximate surface area is 159 Å². The summed E-state index contributed by atoms with van der Waals surface area (Å²) in [6, 6.07) is 19.4. The van der Waals surface area contributed by atoms with E-state index in [0.717, 1.165) is 6.07 Å². The molecule has 3 nitrogen and oxygen atoms in total. The lowest BCUT2D eigenvalue weighted by atomic mass is 9.97. The van der Waals surface area contributed by atoms with E-state index in [1.807, 2.05) is 0 Å². The van der Waals surface area contributed by atoms with Crippen LogP contribution in [0.3, 0.4) is 0 Å². The van der Waals surface area contributed by atoms with Gasteiger partial charge in [0.15, 0.2) is 0 Å². The summed E-state index contributed by atoms with van der Waals surface area (Å²) in [5.41, 5.74) is 1.92. The molecule has 0 amide bonds. The van der Waals surface area contributed by atoms with Gasteiger partial charge in [0.1, 0.15) is 0 Å². The van der Waals surface area contributed by atoms with Crippen LogP contribution in [-0.2, 0) is 6.18 Å². The van der Waals surface area contributed by atoms with Gasteiger partial charge in [-0.15, -0.1) is 0 Å². The van der Waals surface area contributed by atoms with Crippen LogP contribution < -0.4 is 0 Å². The Morgan fingerprint density at radius 3 is 1.64 bits per heavy atom. The van der Waals surface area contributed by atoms with E-state index >= 15 is 0 Å². The Balaban J connectivity index is 1.96. The first-order valence-corrected chi connectivity index (χ1v) is 8.54. The van der Waals surface area contributed by atoms with Gasteiger partial charge in [-0.25, -0.2) is 4.98 Å². The fourth-order valence-electron chi connectivity index (χ4n) is 2.96. The molecule has 0 spiro atoms. The average molecular weight is 377 g/mol. The van der Waals surface area contributed by atoms with Gasteiger partial charge in [-0.2, -0.15) is 13.2 Å². The predicted molar refractivity (Wildman–Crippen MR) is 101 cm³/mol. The summed E-state index contributed by atoms with van der Waals surface area (Å²) in [5, 5.41) is 0. The Morgan fingerprint density at radius 1 is 0.607 bits per heavy atom. The van der Waals surface area contributed by atoms with Crippen molar-refractivity contribution in [3.8, 4) is 33.9 Å². The quantitative estimate of drug-likeness (QED) is 0.447. The molecule has 0 fully saturated rings. The van der Waals surface area contributed by atoms with E-state index in [9.17, 15) is 13.2 Å². The van der Waals surface area contributed by atoms with Gasteiger partial charge < -0.3 is 0 Å². The van der Waals surface area contributed by atoms with Gasteiger partial charge in [-0.3, -0.25) is 9.97 Å². The highest BCUT2D eigenvalue weighted by Crippen LogP contribution is 2.38. The lowest BCUT2D eigenvalue weighted by Gasteiger charge is -2.14. The third-order valence-electron chi connectivity index (χ3n) is 4.22. The Kier molecular flexibility index (Phi) is 4.61. The maximum Gasteiger partial charge on any atom is 0.417 e. The van der Waals surface area contributed by atoms with Crippen molar-refractivity contribution in [2.24, 2.45) is 0 Å². The number of rotatable bonds is 3. The summed E-state index contributed by atoms with van der Waals surface area (Å²) < 4.78 is 40.6. The first-order chi connectivity index (χ1) is 13.5. The molecule has 0 atom stereocenters. The first-order valence-electron chi connectivity index (χ1n) is 8.54. The second kappa shape index (κ2) is 7.23. The van der Waals surface area contributed by atoms with Crippen LogP contribution in [0.1, 0.15) is 5.56 Å². The van der Waals surface area contributed by atoms with E-state index in [1.165, 1.54) is 12.1 Å². The van der Waals surface area contributed by atoms with Gasteiger partial charge >= 0.3 is 6.18 Å². The molecule has 1 aromatic carbocycles. The molecule has 0 aliphatic carbocycles. The molecule has 3 aromatic heterocycles. The molecule has 0 aliphatic heterocycles. The molecule has 0 saturated heterocycles. The SMILES string of the molecule is FC(F)(F)c1ccccc1-c1cc(-c2ccccn2)nc(-c2ccccn2)c1. The van der Waals surface area contributed by atoms with Crippen LogP contribution >= 0.6 is 0 Å². The van der Waals surface area contributed by atoms with Crippen LogP contribution in [0.4, 0.5) is 13.2 Å². The zero-order chi connectivity index (χ0) is 19.6. The minimum Gasteiger partial charge on any atom is -0.255 e. The van der Waals surface area contributed by atoms with Crippen molar-refractivity contribution in [3.05, 3.63) is 90.8 Å². The fourth-order valence-corrected chi connectivity index (χ4v) is 2.96. The maximum absolute atomic E-state index is 13.5. The van der Waals surface area contributed by atoms with Gasteiger partial charge in [-0.1, -0.05) is 30.3 Å². The number of halogens is 3. The zero-order valence-corrected chi connectivity index (χ0v) is 14.6. The predicted octanol–water partition coefficient (Wildman–Crippen LogP) is 5.89. The summed E-state index contributed by atoms with van der Waals surface area (Å²) in [4.78, 5) is 13.2. The van der Waals surface area contributed by atoms with E-state index in [0.29, 0.717) is 28.3 Å². The molecule has 0 radical (unpaired) electrons. The van der Waals surface area contributed by atoms with E-state index in [1.54, 1.807) is 67.0 Å². The van der Waals surface area contributed by atoms with Crippen molar-refractivity contribution in [1.82, 2.24) is 15.0 Å². The largest absolute Gasteiger partial charge is 0.417 e. The zero-order valence-electron chi connectivity index (χ0n) is 14.6. The summed E-state index contributed by atoms with van der Waals surface area (Å²) in [6.07, 6.45) is -1.22. The minimum atomic E-state index is -4.46. The van der Waals surface area contributed by atoms with Gasteiger partial charge in [-0.05, 0) is 53.6 Å². The molecular weight excluding hydrogens is 363 g/mol. The molecule has 138 valence electrons. The Bertz CT molecular complexity index is 1040. The molecule has 0 aliphatic rings. The first kappa shape index (κ1) is 17.9. The maximum atomic E-state index is 13.5. The van der Waals surface area contributed by atoms with Gasteiger partial charge in [0, 0.05) is 12.4 Å². The number of hydrogen-bond donors (Lipinski definition) is 0. The van der Waals surface area contributed by atoms with Crippen LogP contribution in [0.5, 0.6) is 0 Å². The second-order valence-electron chi connectivity index (χ2n) is 6.10. The summed E-state index contributed by atoms with van der Waals surface area (Å²) in [5.74, 6) is 0. The Morgan fingerprint density at radius 2 is 1.14 bits per heavy atom. The van der Waals surface area contributed by atoms with E-state index < -0.39 is 11.7 Å². The fraction of sp³-hybridized carbons (Fsp3) is 0.0455. The standard InChI is InChI=1S/C22H14F3N3/c23-22(24,25)17-8-2-1-7-16(17)15-13-20(18-9-3-5-11-26-18)28-21(14-15)19-10-4-6-12-27-19/h1-14H.